The summed E-state index contributed by atoms with van der Waals surface area (Å²) in [7, 11) is 0. The predicted molar refractivity (Wildman–Crippen MR) is 104 cm³/mol. The maximum atomic E-state index is 12.7. The van der Waals surface area contributed by atoms with Crippen LogP contribution < -0.4 is 0 Å². The minimum Gasteiger partial charge on any atom is -0.411 e. The standard InChI is InChI=1S/C20H15F3N4O2S/c1-11-3-4-14(9-12(11)2)18-25-26-19(28-18)30-10-16-24-17(27-29-16)13-5-7-15(8-6-13)20(21,22)23/h3-9H,10H2,1-2H3. The summed E-state index contributed by atoms with van der Waals surface area (Å²) in [6, 6.07) is 10.4. The Kier molecular flexibility index (Phi) is 5.33. The second-order valence-corrected chi connectivity index (χ2v) is 7.47. The molecular formula is C20H15F3N4O2S. The highest BCUT2D eigenvalue weighted by Gasteiger charge is 2.30. The van der Waals surface area contributed by atoms with E-state index in [0.717, 1.165) is 23.3 Å². The van der Waals surface area contributed by atoms with E-state index in [2.05, 4.69) is 20.3 Å². The Morgan fingerprint density at radius 1 is 0.933 bits per heavy atom. The van der Waals surface area contributed by atoms with Crippen molar-refractivity contribution < 1.29 is 22.1 Å². The van der Waals surface area contributed by atoms with Crippen molar-refractivity contribution in [1.82, 2.24) is 20.3 Å². The van der Waals surface area contributed by atoms with Gasteiger partial charge < -0.3 is 8.94 Å². The van der Waals surface area contributed by atoms with Gasteiger partial charge in [-0.15, -0.1) is 10.2 Å². The molecule has 0 aliphatic carbocycles. The number of rotatable bonds is 5. The van der Waals surface area contributed by atoms with Crippen LogP contribution in [0.3, 0.4) is 0 Å². The summed E-state index contributed by atoms with van der Waals surface area (Å²) in [5, 5.41) is 12.2. The molecule has 2 aromatic carbocycles. The van der Waals surface area contributed by atoms with Crippen LogP contribution >= 0.6 is 11.8 Å². The topological polar surface area (TPSA) is 77.8 Å². The number of benzene rings is 2. The molecule has 0 bridgehead atoms. The largest absolute Gasteiger partial charge is 0.416 e. The molecule has 0 spiro atoms. The molecule has 30 heavy (non-hydrogen) atoms. The first-order valence-corrected chi connectivity index (χ1v) is 9.82. The fourth-order valence-electron chi connectivity index (χ4n) is 2.62. The SMILES string of the molecule is Cc1ccc(-c2nnc(SCc3nc(-c4ccc(C(F)(F)F)cc4)no3)o2)cc1C. The highest BCUT2D eigenvalue weighted by atomic mass is 32.2. The molecule has 0 fully saturated rings. The maximum Gasteiger partial charge on any atom is 0.416 e. The Morgan fingerprint density at radius 3 is 2.37 bits per heavy atom. The van der Waals surface area contributed by atoms with Crippen molar-refractivity contribution in [2.75, 3.05) is 0 Å². The molecule has 0 atom stereocenters. The average Bonchev–Trinajstić information content (AvgIpc) is 3.37. The summed E-state index contributed by atoms with van der Waals surface area (Å²) < 4.78 is 48.8. The average molecular weight is 432 g/mol. The molecular weight excluding hydrogens is 417 g/mol. The molecule has 0 saturated heterocycles. The first-order chi connectivity index (χ1) is 14.3. The van der Waals surface area contributed by atoms with Gasteiger partial charge in [-0.2, -0.15) is 18.2 Å². The lowest BCUT2D eigenvalue weighted by molar-refractivity contribution is -0.137. The van der Waals surface area contributed by atoms with Crippen LogP contribution in [0, 0.1) is 13.8 Å². The monoisotopic (exact) mass is 432 g/mol. The third-order valence-electron chi connectivity index (χ3n) is 4.42. The molecule has 6 nitrogen and oxygen atoms in total. The van der Waals surface area contributed by atoms with E-state index in [1.165, 1.54) is 29.5 Å². The Labute approximate surface area is 173 Å². The van der Waals surface area contributed by atoms with E-state index in [0.29, 0.717) is 22.6 Å². The van der Waals surface area contributed by atoms with E-state index in [-0.39, 0.29) is 11.6 Å². The molecule has 10 heteroatoms. The third-order valence-corrected chi connectivity index (χ3v) is 5.22. The van der Waals surface area contributed by atoms with E-state index >= 15 is 0 Å². The zero-order valence-electron chi connectivity index (χ0n) is 15.9. The second kappa shape index (κ2) is 7.94. The lowest BCUT2D eigenvalue weighted by Gasteiger charge is -2.05. The number of aryl methyl sites for hydroxylation is 2. The summed E-state index contributed by atoms with van der Waals surface area (Å²) >= 11 is 1.23. The normalized spacial score (nSPS) is 11.8. The number of thioether (sulfide) groups is 1. The van der Waals surface area contributed by atoms with Gasteiger partial charge in [-0.25, -0.2) is 0 Å². The fraction of sp³-hybridized carbons (Fsp3) is 0.200. The van der Waals surface area contributed by atoms with Gasteiger partial charge in [0.05, 0.1) is 11.3 Å². The number of halogens is 3. The molecule has 0 amide bonds. The van der Waals surface area contributed by atoms with Crippen molar-refractivity contribution in [3.05, 3.63) is 65.0 Å². The molecule has 0 aliphatic heterocycles. The summed E-state index contributed by atoms with van der Waals surface area (Å²) in [6.07, 6.45) is -4.39. The third kappa shape index (κ3) is 4.38. The fourth-order valence-corrected chi connectivity index (χ4v) is 3.22. The van der Waals surface area contributed by atoms with E-state index in [1.54, 1.807) is 0 Å². The molecule has 0 saturated carbocycles. The van der Waals surface area contributed by atoms with Crippen LogP contribution in [0.4, 0.5) is 13.2 Å². The van der Waals surface area contributed by atoms with Gasteiger partial charge in [0, 0.05) is 11.1 Å². The lowest BCUT2D eigenvalue weighted by Crippen LogP contribution is -2.04. The van der Waals surface area contributed by atoms with Gasteiger partial charge in [0.2, 0.25) is 17.6 Å². The van der Waals surface area contributed by atoms with E-state index in [1.807, 2.05) is 32.0 Å². The van der Waals surface area contributed by atoms with Gasteiger partial charge in [0.15, 0.2) is 0 Å². The maximum absolute atomic E-state index is 12.7. The van der Waals surface area contributed by atoms with Crippen molar-refractivity contribution in [2.45, 2.75) is 31.0 Å². The number of hydrogen-bond acceptors (Lipinski definition) is 7. The first-order valence-electron chi connectivity index (χ1n) is 8.84. The van der Waals surface area contributed by atoms with Gasteiger partial charge in [0.1, 0.15) is 0 Å². The van der Waals surface area contributed by atoms with Crippen LogP contribution in [0.1, 0.15) is 22.6 Å². The Bertz CT molecular complexity index is 1170. The molecule has 4 aromatic rings. The Morgan fingerprint density at radius 2 is 1.67 bits per heavy atom. The molecule has 0 radical (unpaired) electrons. The van der Waals surface area contributed by atoms with Crippen molar-refractivity contribution in [1.29, 1.82) is 0 Å². The molecule has 2 heterocycles. The van der Waals surface area contributed by atoms with Gasteiger partial charge in [-0.1, -0.05) is 35.1 Å². The Hall–Kier alpha value is -3.14. The van der Waals surface area contributed by atoms with E-state index < -0.39 is 11.7 Å². The highest BCUT2D eigenvalue weighted by Crippen LogP contribution is 2.31. The van der Waals surface area contributed by atoms with Gasteiger partial charge in [-0.3, -0.25) is 0 Å². The van der Waals surface area contributed by atoms with Crippen LogP contribution in [0.2, 0.25) is 0 Å². The summed E-state index contributed by atoms with van der Waals surface area (Å²) in [6.45, 7) is 4.03. The number of hydrogen-bond donors (Lipinski definition) is 0. The predicted octanol–water partition coefficient (Wildman–Crippen LogP) is 5.71. The zero-order chi connectivity index (χ0) is 21.3. The molecule has 0 N–H and O–H groups in total. The van der Waals surface area contributed by atoms with Crippen LogP contribution in [0.5, 0.6) is 0 Å². The minimum absolute atomic E-state index is 0.209. The molecule has 2 aromatic heterocycles. The Balaban J connectivity index is 1.41. The van der Waals surface area contributed by atoms with E-state index in [4.69, 9.17) is 8.94 Å². The van der Waals surface area contributed by atoms with Gasteiger partial charge in [-0.05, 0) is 49.2 Å². The smallest absolute Gasteiger partial charge is 0.411 e. The van der Waals surface area contributed by atoms with Crippen molar-refractivity contribution in [3.8, 4) is 22.8 Å². The molecule has 4 rings (SSSR count). The first kappa shape index (κ1) is 20.1. The van der Waals surface area contributed by atoms with Crippen LogP contribution in [0.25, 0.3) is 22.8 Å². The van der Waals surface area contributed by atoms with Crippen molar-refractivity contribution in [2.24, 2.45) is 0 Å². The zero-order valence-corrected chi connectivity index (χ0v) is 16.7. The van der Waals surface area contributed by atoms with Gasteiger partial charge >= 0.3 is 6.18 Å². The molecule has 0 unspecified atom stereocenters. The summed E-state index contributed by atoms with van der Waals surface area (Å²) in [5.74, 6) is 1.19. The summed E-state index contributed by atoms with van der Waals surface area (Å²) in [5.41, 5.74) is 2.83. The number of nitrogens with zero attached hydrogens (tertiary/aromatic N) is 4. The highest BCUT2D eigenvalue weighted by molar-refractivity contribution is 7.98. The quantitative estimate of drug-likeness (QED) is 0.374. The van der Waals surface area contributed by atoms with Crippen molar-refractivity contribution >= 4 is 11.8 Å². The number of aromatic nitrogens is 4. The molecule has 0 aliphatic rings. The van der Waals surface area contributed by atoms with Crippen molar-refractivity contribution in [3.63, 3.8) is 0 Å². The molecule has 154 valence electrons. The lowest BCUT2D eigenvalue weighted by atomic mass is 10.1. The van der Waals surface area contributed by atoms with Gasteiger partial charge in [0.25, 0.3) is 5.22 Å². The number of alkyl halides is 3. The van der Waals surface area contributed by atoms with Crippen LogP contribution in [-0.2, 0) is 11.9 Å². The summed E-state index contributed by atoms with van der Waals surface area (Å²) in [4.78, 5) is 4.20. The second-order valence-electron chi connectivity index (χ2n) is 6.55. The van der Waals surface area contributed by atoms with Crippen LogP contribution in [0.15, 0.2) is 56.6 Å². The minimum atomic E-state index is -4.39. The van der Waals surface area contributed by atoms with E-state index in [9.17, 15) is 13.2 Å². The van der Waals surface area contributed by atoms with Crippen LogP contribution in [-0.4, -0.2) is 20.3 Å².